The van der Waals surface area contributed by atoms with Crippen LogP contribution in [0.15, 0.2) is 54.9 Å². The fraction of sp³-hybridized carbons (Fsp3) is 0.250. The molecule has 0 unspecified atom stereocenters. The summed E-state index contributed by atoms with van der Waals surface area (Å²) in [4.78, 5) is 22.4. The van der Waals surface area contributed by atoms with Gasteiger partial charge in [-0.15, -0.1) is 5.10 Å². The minimum atomic E-state index is -0.634. The van der Waals surface area contributed by atoms with Crippen LogP contribution in [0.5, 0.6) is 5.88 Å². The number of nitrogens with one attached hydrogen (secondary N) is 1. The largest absolute Gasteiger partial charge is 0.428 e. The van der Waals surface area contributed by atoms with Gasteiger partial charge in [-0.1, -0.05) is 53.9 Å². The molecule has 184 valence electrons. The van der Waals surface area contributed by atoms with Crippen molar-refractivity contribution in [2.75, 3.05) is 13.1 Å². The molecule has 10 nitrogen and oxygen atoms in total. The van der Waals surface area contributed by atoms with E-state index in [0.29, 0.717) is 27.1 Å². The maximum atomic E-state index is 12.8. The minimum Gasteiger partial charge on any atom is -0.388 e. The van der Waals surface area contributed by atoms with Gasteiger partial charge in [-0.3, -0.25) is 5.43 Å². The number of nitrogens with zero attached hydrogens (tertiary/aromatic N) is 7. The van der Waals surface area contributed by atoms with Crippen LogP contribution in [-0.2, 0) is 6.54 Å². The van der Waals surface area contributed by atoms with E-state index in [9.17, 15) is 4.79 Å². The highest BCUT2D eigenvalue weighted by molar-refractivity contribution is 6.31. The second kappa shape index (κ2) is 11.0. The lowest BCUT2D eigenvalue weighted by Crippen LogP contribution is -2.46. The van der Waals surface area contributed by atoms with E-state index in [-0.39, 0.29) is 12.4 Å². The Bertz CT molecular complexity index is 1330. The van der Waals surface area contributed by atoms with Crippen molar-refractivity contribution in [3.8, 4) is 28.4 Å². The number of amides is 1. The van der Waals surface area contributed by atoms with Gasteiger partial charge in [0.05, 0.1) is 12.2 Å². The van der Waals surface area contributed by atoms with Gasteiger partial charge in [0.15, 0.2) is 0 Å². The zero-order valence-electron chi connectivity index (χ0n) is 19.1. The molecule has 0 atom stereocenters. The zero-order valence-corrected chi connectivity index (χ0v) is 20.7. The smallest absolute Gasteiger partial charge is 0.388 e. The summed E-state index contributed by atoms with van der Waals surface area (Å²) in [5.41, 5.74) is 5.84. The lowest BCUT2D eigenvalue weighted by molar-refractivity contribution is 0.127. The van der Waals surface area contributed by atoms with Gasteiger partial charge in [-0.2, -0.15) is 0 Å². The molecule has 0 saturated carbocycles. The summed E-state index contributed by atoms with van der Waals surface area (Å²) >= 11 is 12.2. The van der Waals surface area contributed by atoms with Gasteiger partial charge in [0, 0.05) is 34.3 Å². The maximum absolute atomic E-state index is 12.8. The first kappa shape index (κ1) is 24.1. The van der Waals surface area contributed by atoms with Crippen LogP contribution in [0.25, 0.3) is 22.5 Å². The molecule has 1 N–H and O–H groups in total. The standard InChI is InChI=1S/C24H22Cl2N8O2/c25-18-8-4-16(5-9-18)21-22(17-6-10-19(26)11-7-17)29-23(20(28-21)14-34-15-27-31-32-34)36-24(35)30-33-12-2-1-3-13-33/h4-11,15H,1-3,12-14H2,(H,30,35). The molecule has 2 aromatic heterocycles. The van der Waals surface area contributed by atoms with Crippen molar-refractivity contribution in [2.24, 2.45) is 0 Å². The van der Waals surface area contributed by atoms with Crippen LogP contribution >= 0.6 is 23.2 Å². The van der Waals surface area contributed by atoms with Gasteiger partial charge >= 0.3 is 6.09 Å². The number of tetrazole rings is 1. The summed E-state index contributed by atoms with van der Waals surface area (Å²) in [5.74, 6) is 0.0580. The molecule has 1 aliphatic rings. The van der Waals surface area contributed by atoms with Crippen LogP contribution in [0, 0.1) is 0 Å². The van der Waals surface area contributed by atoms with Crippen LogP contribution in [0.1, 0.15) is 25.0 Å². The number of hydrogen-bond acceptors (Lipinski definition) is 8. The van der Waals surface area contributed by atoms with E-state index in [1.54, 1.807) is 24.3 Å². The average Bonchev–Trinajstić information content (AvgIpc) is 3.40. The molecule has 0 aliphatic carbocycles. The van der Waals surface area contributed by atoms with Crippen molar-refractivity contribution in [3.05, 3.63) is 70.6 Å². The van der Waals surface area contributed by atoms with Gasteiger partial charge in [-0.05, 0) is 47.5 Å². The highest BCUT2D eigenvalue weighted by atomic mass is 35.5. The third-order valence-corrected chi connectivity index (χ3v) is 6.17. The number of rotatable bonds is 6. The Labute approximate surface area is 217 Å². The van der Waals surface area contributed by atoms with Gasteiger partial charge < -0.3 is 4.74 Å². The monoisotopic (exact) mass is 524 g/mol. The molecule has 4 aromatic rings. The predicted molar refractivity (Wildman–Crippen MR) is 134 cm³/mol. The van der Waals surface area contributed by atoms with E-state index in [1.165, 1.54) is 11.0 Å². The van der Waals surface area contributed by atoms with E-state index >= 15 is 0 Å². The first-order valence-corrected chi connectivity index (χ1v) is 12.2. The SMILES string of the molecule is O=C(NN1CCCCC1)Oc1nc(-c2ccc(Cl)cc2)c(-c2ccc(Cl)cc2)nc1Cn1cnnn1. The summed E-state index contributed by atoms with van der Waals surface area (Å²) in [5, 5.41) is 14.3. The van der Waals surface area contributed by atoms with Crippen LogP contribution in [0.2, 0.25) is 10.0 Å². The molecule has 0 radical (unpaired) electrons. The molecule has 1 fully saturated rings. The van der Waals surface area contributed by atoms with Crippen molar-refractivity contribution in [1.82, 2.24) is 40.6 Å². The number of halogens is 2. The Morgan fingerprint density at radius 1 is 0.889 bits per heavy atom. The Morgan fingerprint density at radius 2 is 1.50 bits per heavy atom. The van der Waals surface area contributed by atoms with Crippen LogP contribution in [-0.4, -0.2) is 54.4 Å². The van der Waals surface area contributed by atoms with Gasteiger partial charge in [0.2, 0.25) is 5.88 Å². The van der Waals surface area contributed by atoms with Gasteiger partial charge in [0.1, 0.15) is 17.7 Å². The summed E-state index contributed by atoms with van der Waals surface area (Å²) in [6.45, 7) is 1.68. The van der Waals surface area contributed by atoms with Gasteiger partial charge in [-0.25, -0.2) is 24.5 Å². The van der Waals surface area contributed by atoms with Gasteiger partial charge in [0.25, 0.3) is 0 Å². The molecule has 2 aromatic carbocycles. The topological polar surface area (TPSA) is 111 Å². The van der Waals surface area contributed by atoms with E-state index in [4.69, 9.17) is 37.9 Å². The Morgan fingerprint density at radius 3 is 2.08 bits per heavy atom. The molecule has 1 saturated heterocycles. The minimum absolute atomic E-state index is 0.0580. The molecule has 0 spiro atoms. The van der Waals surface area contributed by atoms with Crippen molar-refractivity contribution in [3.63, 3.8) is 0 Å². The van der Waals surface area contributed by atoms with E-state index in [2.05, 4.69) is 21.0 Å². The summed E-state index contributed by atoms with van der Waals surface area (Å²) in [7, 11) is 0. The number of aromatic nitrogens is 6. The molecule has 3 heterocycles. The lowest BCUT2D eigenvalue weighted by Gasteiger charge is -2.26. The number of ether oxygens (including phenoxy) is 1. The highest BCUT2D eigenvalue weighted by Gasteiger charge is 2.22. The normalized spacial score (nSPS) is 13.9. The Balaban J connectivity index is 1.57. The summed E-state index contributed by atoms with van der Waals surface area (Å²) in [6.07, 6.45) is 3.99. The van der Waals surface area contributed by atoms with Crippen molar-refractivity contribution in [2.45, 2.75) is 25.8 Å². The second-order valence-electron chi connectivity index (χ2n) is 8.24. The number of hydrogen-bond donors (Lipinski definition) is 1. The predicted octanol–water partition coefficient (Wildman–Crippen LogP) is 4.64. The average molecular weight is 525 g/mol. The quantitative estimate of drug-likeness (QED) is 0.388. The number of carbonyl (C=O) groups is 1. The van der Waals surface area contributed by atoms with Crippen LogP contribution in [0.4, 0.5) is 4.79 Å². The Hall–Kier alpha value is -3.60. The first-order valence-electron chi connectivity index (χ1n) is 11.4. The number of piperidine rings is 1. The zero-order chi connectivity index (χ0) is 24.9. The first-order chi connectivity index (χ1) is 17.5. The van der Waals surface area contributed by atoms with E-state index in [1.807, 2.05) is 29.3 Å². The van der Waals surface area contributed by atoms with Crippen molar-refractivity contribution >= 4 is 29.3 Å². The number of hydrazine groups is 1. The molecule has 36 heavy (non-hydrogen) atoms. The molecular weight excluding hydrogens is 503 g/mol. The molecule has 1 aliphatic heterocycles. The fourth-order valence-corrected chi connectivity index (χ4v) is 4.16. The summed E-state index contributed by atoms with van der Waals surface area (Å²) < 4.78 is 7.18. The lowest BCUT2D eigenvalue weighted by atomic mass is 10.0. The third-order valence-electron chi connectivity index (χ3n) is 5.66. The maximum Gasteiger partial charge on any atom is 0.428 e. The van der Waals surface area contributed by atoms with Crippen molar-refractivity contribution in [1.29, 1.82) is 0 Å². The number of benzene rings is 2. The molecule has 1 amide bonds. The van der Waals surface area contributed by atoms with Crippen LogP contribution in [0.3, 0.4) is 0 Å². The van der Waals surface area contributed by atoms with Crippen LogP contribution < -0.4 is 10.2 Å². The van der Waals surface area contributed by atoms with E-state index < -0.39 is 6.09 Å². The second-order valence-corrected chi connectivity index (χ2v) is 9.12. The molecule has 0 bridgehead atoms. The molecular formula is C24H22Cl2N8O2. The highest BCUT2D eigenvalue weighted by Crippen LogP contribution is 2.33. The molecule has 12 heteroatoms. The summed E-state index contributed by atoms with van der Waals surface area (Å²) in [6, 6.07) is 14.5. The number of carbonyl (C=O) groups excluding carboxylic acids is 1. The van der Waals surface area contributed by atoms with E-state index in [0.717, 1.165) is 43.5 Å². The molecule has 5 rings (SSSR count). The third kappa shape index (κ3) is 5.78. The van der Waals surface area contributed by atoms with Crippen molar-refractivity contribution < 1.29 is 9.53 Å². The fourth-order valence-electron chi connectivity index (χ4n) is 3.91. The Kier molecular flexibility index (Phi) is 7.36.